The number of hydrogen-bond acceptors (Lipinski definition) is 4. The quantitative estimate of drug-likeness (QED) is 0.449. The zero-order valence-corrected chi connectivity index (χ0v) is 16.4. The average Bonchev–Trinajstić information content (AvgIpc) is 3.22. The van der Waals surface area contributed by atoms with Gasteiger partial charge in [0.2, 0.25) is 5.89 Å². The van der Waals surface area contributed by atoms with Crippen molar-refractivity contribution < 1.29 is 17.2 Å². The minimum absolute atomic E-state index is 0.0385. The van der Waals surface area contributed by atoms with E-state index >= 15 is 0 Å². The number of nitrogens with one attached hydrogen (secondary N) is 1. The summed E-state index contributed by atoms with van der Waals surface area (Å²) in [6, 6.07) is 19.2. The fourth-order valence-electron chi connectivity index (χ4n) is 2.69. The lowest BCUT2D eigenvalue weighted by Gasteiger charge is -2.09. The van der Waals surface area contributed by atoms with Crippen LogP contribution >= 0.6 is 11.6 Å². The molecule has 0 unspecified atom stereocenters. The van der Waals surface area contributed by atoms with Crippen LogP contribution in [0, 0.1) is 5.82 Å². The van der Waals surface area contributed by atoms with Crippen LogP contribution in [-0.4, -0.2) is 13.4 Å². The zero-order chi connectivity index (χ0) is 20.4. The van der Waals surface area contributed by atoms with Crippen LogP contribution in [0.1, 0.15) is 0 Å². The van der Waals surface area contributed by atoms with Gasteiger partial charge in [0.25, 0.3) is 10.0 Å². The number of benzene rings is 3. The smallest absolute Gasteiger partial charge is 0.261 e. The molecule has 0 radical (unpaired) electrons. The van der Waals surface area contributed by atoms with Crippen molar-refractivity contribution >= 4 is 27.3 Å². The lowest BCUT2D eigenvalue weighted by Crippen LogP contribution is -2.12. The van der Waals surface area contributed by atoms with Crippen molar-refractivity contribution in [3.05, 3.63) is 89.8 Å². The second-order valence-electron chi connectivity index (χ2n) is 6.15. The van der Waals surface area contributed by atoms with Gasteiger partial charge in [-0.1, -0.05) is 41.9 Å². The summed E-state index contributed by atoms with van der Waals surface area (Å²) in [5.74, 6) is 0.373. The summed E-state index contributed by atoms with van der Waals surface area (Å²) in [6.45, 7) is 0. The molecule has 0 aliphatic rings. The molecule has 0 amide bonds. The second-order valence-corrected chi connectivity index (χ2v) is 8.24. The Labute approximate surface area is 171 Å². The Morgan fingerprint density at radius 2 is 1.66 bits per heavy atom. The van der Waals surface area contributed by atoms with Gasteiger partial charge in [-0.15, -0.1) is 0 Å². The lowest BCUT2D eigenvalue weighted by molar-refractivity contribution is 0.588. The fraction of sp³-hybridized carbons (Fsp3) is 0. The number of rotatable bonds is 5. The molecule has 5 nitrogen and oxygen atoms in total. The van der Waals surface area contributed by atoms with Gasteiger partial charge in [-0.25, -0.2) is 17.8 Å². The molecule has 0 bridgehead atoms. The highest BCUT2D eigenvalue weighted by atomic mass is 35.5. The third-order valence-electron chi connectivity index (χ3n) is 4.15. The predicted molar refractivity (Wildman–Crippen MR) is 110 cm³/mol. The molecule has 8 heteroatoms. The van der Waals surface area contributed by atoms with Crippen molar-refractivity contribution in [2.45, 2.75) is 4.90 Å². The van der Waals surface area contributed by atoms with Crippen LogP contribution in [0.5, 0.6) is 0 Å². The van der Waals surface area contributed by atoms with Crippen LogP contribution in [-0.2, 0) is 10.0 Å². The Bertz CT molecular complexity index is 1260. The van der Waals surface area contributed by atoms with Crippen molar-refractivity contribution in [1.29, 1.82) is 0 Å². The number of oxazole rings is 1. The highest BCUT2D eigenvalue weighted by molar-refractivity contribution is 7.92. The van der Waals surface area contributed by atoms with Gasteiger partial charge in [0.05, 0.1) is 21.8 Å². The van der Waals surface area contributed by atoms with Gasteiger partial charge in [-0.05, 0) is 42.5 Å². The molecule has 1 N–H and O–H groups in total. The van der Waals surface area contributed by atoms with Crippen molar-refractivity contribution in [2.24, 2.45) is 0 Å². The number of halogens is 2. The first-order valence-electron chi connectivity index (χ1n) is 8.52. The standard InChI is InChI=1S/C21H14ClFN2O3S/c22-18-12-16(8-11-19(18)23)25-29(26,27)17-9-6-15(7-10-17)21-24-13-20(28-21)14-4-2-1-3-5-14/h1-13,25H. The molecule has 3 aromatic carbocycles. The number of hydrogen-bond donors (Lipinski definition) is 1. The molecule has 1 aromatic heterocycles. The van der Waals surface area contributed by atoms with Crippen LogP contribution in [0.2, 0.25) is 5.02 Å². The van der Waals surface area contributed by atoms with Crippen molar-refractivity contribution in [3.8, 4) is 22.8 Å². The molecule has 0 spiro atoms. The predicted octanol–water partition coefficient (Wildman–Crippen LogP) is 5.60. The third kappa shape index (κ3) is 4.16. The summed E-state index contributed by atoms with van der Waals surface area (Å²) in [6.07, 6.45) is 1.62. The molecule has 4 aromatic rings. The molecule has 0 saturated carbocycles. The van der Waals surface area contributed by atoms with E-state index in [-0.39, 0.29) is 15.6 Å². The van der Waals surface area contributed by atoms with Gasteiger partial charge in [-0.2, -0.15) is 0 Å². The Morgan fingerprint density at radius 1 is 0.931 bits per heavy atom. The van der Waals surface area contributed by atoms with E-state index in [0.29, 0.717) is 17.2 Å². The van der Waals surface area contributed by atoms with E-state index in [0.717, 1.165) is 11.6 Å². The van der Waals surface area contributed by atoms with Crippen molar-refractivity contribution in [2.75, 3.05) is 4.72 Å². The molecule has 0 saturated heterocycles. The molecule has 1 heterocycles. The lowest BCUT2D eigenvalue weighted by atomic mass is 10.2. The Kier molecular flexibility index (Phi) is 5.08. The molecule has 0 fully saturated rings. The minimum atomic E-state index is -3.86. The number of aromatic nitrogens is 1. The van der Waals surface area contributed by atoms with Crippen molar-refractivity contribution in [3.63, 3.8) is 0 Å². The third-order valence-corrected chi connectivity index (χ3v) is 5.83. The summed E-state index contributed by atoms with van der Waals surface area (Å²) >= 11 is 5.70. The van der Waals surface area contributed by atoms with Gasteiger partial charge in [-0.3, -0.25) is 4.72 Å². The first kappa shape index (κ1) is 19.2. The maximum Gasteiger partial charge on any atom is 0.261 e. The number of anilines is 1. The van der Waals surface area contributed by atoms with Crippen LogP contribution in [0.4, 0.5) is 10.1 Å². The van der Waals surface area contributed by atoms with Crippen LogP contribution in [0.15, 0.2) is 88.3 Å². The van der Waals surface area contributed by atoms with Gasteiger partial charge in [0.1, 0.15) is 5.82 Å². The molecule has 0 aliphatic heterocycles. The van der Waals surface area contributed by atoms with Crippen LogP contribution in [0.3, 0.4) is 0 Å². The number of nitrogens with zero attached hydrogens (tertiary/aromatic N) is 1. The van der Waals surface area contributed by atoms with Gasteiger partial charge in [0.15, 0.2) is 5.76 Å². The van der Waals surface area contributed by atoms with E-state index in [2.05, 4.69) is 9.71 Å². The van der Waals surface area contributed by atoms with Gasteiger partial charge in [0, 0.05) is 11.1 Å². The average molecular weight is 429 g/mol. The summed E-state index contributed by atoms with van der Waals surface area (Å²) in [4.78, 5) is 4.30. The highest BCUT2D eigenvalue weighted by Crippen LogP contribution is 2.27. The normalized spacial score (nSPS) is 11.4. The van der Waals surface area contributed by atoms with Crippen LogP contribution < -0.4 is 4.72 Å². The summed E-state index contributed by atoms with van der Waals surface area (Å²) in [5, 5.41) is -0.168. The highest BCUT2D eigenvalue weighted by Gasteiger charge is 2.16. The molecular weight excluding hydrogens is 415 g/mol. The van der Waals surface area contributed by atoms with Crippen LogP contribution in [0.25, 0.3) is 22.8 Å². The summed E-state index contributed by atoms with van der Waals surface area (Å²) in [7, 11) is -3.86. The molecule has 146 valence electrons. The van der Waals surface area contributed by atoms with Crippen molar-refractivity contribution in [1.82, 2.24) is 4.98 Å². The summed E-state index contributed by atoms with van der Waals surface area (Å²) < 4.78 is 46.5. The summed E-state index contributed by atoms with van der Waals surface area (Å²) in [5.41, 5.74) is 1.70. The van der Waals surface area contributed by atoms with E-state index in [9.17, 15) is 12.8 Å². The number of sulfonamides is 1. The largest absolute Gasteiger partial charge is 0.436 e. The maximum atomic E-state index is 13.2. The van der Waals surface area contributed by atoms with Gasteiger partial charge >= 0.3 is 0 Å². The molecular formula is C21H14ClFN2O3S. The van der Waals surface area contributed by atoms with E-state index in [4.69, 9.17) is 16.0 Å². The topological polar surface area (TPSA) is 72.2 Å². The molecule has 0 atom stereocenters. The first-order valence-corrected chi connectivity index (χ1v) is 10.4. The van der Waals surface area contributed by atoms with E-state index in [1.165, 1.54) is 24.3 Å². The molecule has 4 rings (SSSR count). The molecule has 0 aliphatic carbocycles. The van der Waals surface area contributed by atoms with E-state index in [1.54, 1.807) is 18.3 Å². The first-order chi connectivity index (χ1) is 13.9. The van der Waals surface area contributed by atoms with E-state index < -0.39 is 15.8 Å². The fourth-order valence-corrected chi connectivity index (χ4v) is 3.92. The Hall–Kier alpha value is -3.16. The minimum Gasteiger partial charge on any atom is -0.436 e. The SMILES string of the molecule is O=S(=O)(Nc1ccc(F)c(Cl)c1)c1ccc(-c2ncc(-c3ccccc3)o2)cc1. The second kappa shape index (κ2) is 7.69. The zero-order valence-electron chi connectivity index (χ0n) is 14.8. The molecule has 29 heavy (non-hydrogen) atoms. The van der Waals surface area contributed by atoms with Gasteiger partial charge < -0.3 is 4.42 Å². The van der Waals surface area contributed by atoms with E-state index in [1.807, 2.05) is 30.3 Å². The monoisotopic (exact) mass is 428 g/mol. The Balaban J connectivity index is 1.56. The Morgan fingerprint density at radius 3 is 2.34 bits per heavy atom. The maximum absolute atomic E-state index is 13.2.